The SMILES string of the molecule is CN1C(=O)c2ccc(NC(=O)/C=C/c3ccccc3)cc2C1=O. The van der Waals surface area contributed by atoms with Crippen molar-refractivity contribution < 1.29 is 14.4 Å². The monoisotopic (exact) mass is 306 g/mol. The van der Waals surface area contributed by atoms with Gasteiger partial charge in [-0.25, -0.2) is 0 Å². The second kappa shape index (κ2) is 5.88. The largest absolute Gasteiger partial charge is 0.322 e. The molecular weight excluding hydrogens is 292 g/mol. The van der Waals surface area contributed by atoms with E-state index in [9.17, 15) is 14.4 Å². The van der Waals surface area contributed by atoms with Crippen molar-refractivity contribution >= 4 is 29.5 Å². The summed E-state index contributed by atoms with van der Waals surface area (Å²) in [7, 11) is 1.44. The van der Waals surface area contributed by atoms with Crippen molar-refractivity contribution in [2.45, 2.75) is 0 Å². The maximum Gasteiger partial charge on any atom is 0.261 e. The van der Waals surface area contributed by atoms with Crippen LogP contribution in [0.5, 0.6) is 0 Å². The summed E-state index contributed by atoms with van der Waals surface area (Å²) in [5.74, 6) is -0.994. The Balaban J connectivity index is 1.75. The van der Waals surface area contributed by atoms with E-state index in [1.165, 1.54) is 19.2 Å². The fourth-order valence-corrected chi connectivity index (χ4v) is 2.36. The standard InChI is InChI=1S/C18H14N2O3/c1-20-17(22)14-9-8-13(11-15(14)18(20)23)19-16(21)10-7-12-5-3-2-4-6-12/h2-11H,1H3,(H,19,21)/b10-7+. The molecule has 114 valence electrons. The number of hydrogen-bond acceptors (Lipinski definition) is 3. The van der Waals surface area contributed by atoms with Gasteiger partial charge >= 0.3 is 0 Å². The Morgan fingerprint density at radius 3 is 2.43 bits per heavy atom. The van der Waals surface area contributed by atoms with Crippen molar-refractivity contribution in [1.29, 1.82) is 0 Å². The van der Waals surface area contributed by atoms with E-state index in [4.69, 9.17) is 0 Å². The van der Waals surface area contributed by atoms with Crippen LogP contribution in [0.25, 0.3) is 6.08 Å². The lowest BCUT2D eigenvalue weighted by Gasteiger charge is -2.03. The first-order chi connectivity index (χ1) is 11.1. The van der Waals surface area contributed by atoms with Gasteiger partial charge in [-0.15, -0.1) is 0 Å². The number of nitrogens with one attached hydrogen (secondary N) is 1. The first-order valence-electron chi connectivity index (χ1n) is 7.07. The molecule has 23 heavy (non-hydrogen) atoms. The van der Waals surface area contributed by atoms with Gasteiger partial charge in [0, 0.05) is 18.8 Å². The van der Waals surface area contributed by atoms with Crippen LogP contribution in [0.2, 0.25) is 0 Å². The van der Waals surface area contributed by atoms with Crippen LogP contribution in [0.1, 0.15) is 26.3 Å². The zero-order valence-corrected chi connectivity index (χ0v) is 12.4. The van der Waals surface area contributed by atoms with Gasteiger partial charge in [-0.1, -0.05) is 30.3 Å². The van der Waals surface area contributed by atoms with Crippen molar-refractivity contribution in [3.63, 3.8) is 0 Å². The number of carbonyl (C=O) groups is 3. The normalized spacial score (nSPS) is 13.5. The van der Waals surface area contributed by atoms with E-state index in [1.54, 1.807) is 18.2 Å². The Morgan fingerprint density at radius 2 is 1.70 bits per heavy atom. The van der Waals surface area contributed by atoms with E-state index in [0.29, 0.717) is 16.8 Å². The van der Waals surface area contributed by atoms with Crippen LogP contribution in [-0.4, -0.2) is 29.7 Å². The molecule has 1 aliphatic rings. The first kappa shape index (κ1) is 14.7. The molecule has 1 heterocycles. The maximum absolute atomic E-state index is 11.9. The molecule has 0 saturated carbocycles. The number of nitrogens with zero attached hydrogens (tertiary/aromatic N) is 1. The molecule has 2 aromatic carbocycles. The summed E-state index contributed by atoms with van der Waals surface area (Å²) in [6.45, 7) is 0. The van der Waals surface area contributed by atoms with Crippen LogP contribution in [0.4, 0.5) is 5.69 Å². The Bertz CT molecular complexity index is 825. The number of benzene rings is 2. The van der Waals surface area contributed by atoms with E-state index in [1.807, 2.05) is 30.3 Å². The molecule has 0 saturated heterocycles. The summed E-state index contributed by atoms with van der Waals surface area (Å²) in [6, 6.07) is 14.1. The van der Waals surface area contributed by atoms with Crippen LogP contribution in [0, 0.1) is 0 Å². The molecule has 0 aliphatic carbocycles. The highest BCUT2D eigenvalue weighted by Crippen LogP contribution is 2.24. The Labute approximate surface area is 133 Å². The summed E-state index contributed by atoms with van der Waals surface area (Å²) in [5.41, 5.74) is 2.06. The number of hydrogen-bond donors (Lipinski definition) is 1. The lowest BCUT2D eigenvalue weighted by atomic mass is 10.1. The average Bonchev–Trinajstić information content (AvgIpc) is 2.78. The summed E-state index contributed by atoms with van der Waals surface area (Å²) in [6.07, 6.45) is 3.12. The second-order valence-corrected chi connectivity index (χ2v) is 5.16. The molecule has 0 spiro atoms. The topological polar surface area (TPSA) is 66.5 Å². The molecule has 1 N–H and O–H groups in total. The first-order valence-corrected chi connectivity index (χ1v) is 7.07. The minimum absolute atomic E-state index is 0.307. The number of rotatable bonds is 3. The predicted octanol–water partition coefficient (Wildman–Crippen LogP) is 2.56. The predicted molar refractivity (Wildman–Crippen MR) is 87.0 cm³/mol. The zero-order chi connectivity index (χ0) is 16.4. The number of amides is 3. The molecule has 1 aliphatic heterocycles. The van der Waals surface area contributed by atoms with Crippen LogP contribution in [-0.2, 0) is 4.79 Å². The van der Waals surface area contributed by atoms with Crippen LogP contribution in [0.15, 0.2) is 54.6 Å². The summed E-state index contributed by atoms with van der Waals surface area (Å²) >= 11 is 0. The second-order valence-electron chi connectivity index (χ2n) is 5.16. The highest BCUT2D eigenvalue weighted by atomic mass is 16.2. The smallest absolute Gasteiger partial charge is 0.261 e. The van der Waals surface area contributed by atoms with E-state index >= 15 is 0 Å². The lowest BCUT2D eigenvalue weighted by Crippen LogP contribution is -2.24. The van der Waals surface area contributed by atoms with Crippen molar-refractivity contribution in [2.75, 3.05) is 12.4 Å². The molecule has 3 rings (SSSR count). The van der Waals surface area contributed by atoms with Gasteiger partial charge in [0.05, 0.1) is 11.1 Å². The molecule has 3 amide bonds. The number of fused-ring (bicyclic) bond motifs is 1. The molecule has 0 bridgehead atoms. The van der Waals surface area contributed by atoms with Gasteiger partial charge in [-0.3, -0.25) is 19.3 Å². The van der Waals surface area contributed by atoms with Crippen LogP contribution >= 0.6 is 0 Å². The summed E-state index contributed by atoms with van der Waals surface area (Å²) in [4.78, 5) is 36.7. The number of anilines is 1. The van der Waals surface area contributed by atoms with Crippen LogP contribution in [0.3, 0.4) is 0 Å². The van der Waals surface area contributed by atoms with Gasteiger partial charge in [-0.2, -0.15) is 0 Å². The fraction of sp³-hybridized carbons (Fsp3) is 0.0556. The molecular formula is C18H14N2O3. The average molecular weight is 306 g/mol. The van der Waals surface area contributed by atoms with Gasteiger partial charge in [0.2, 0.25) is 5.91 Å². The highest BCUT2D eigenvalue weighted by molar-refractivity contribution is 6.21. The summed E-state index contributed by atoms with van der Waals surface area (Å²) < 4.78 is 0. The number of imide groups is 1. The molecule has 2 aromatic rings. The fourth-order valence-electron chi connectivity index (χ4n) is 2.36. The molecule has 0 atom stereocenters. The van der Waals surface area contributed by atoms with E-state index in [-0.39, 0.29) is 17.7 Å². The quantitative estimate of drug-likeness (QED) is 0.700. The molecule has 0 fully saturated rings. The van der Waals surface area contributed by atoms with E-state index < -0.39 is 0 Å². The maximum atomic E-state index is 11.9. The third kappa shape index (κ3) is 2.89. The zero-order valence-electron chi connectivity index (χ0n) is 12.4. The Kier molecular flexibility index (Phi) is 3.76. The minimum atomic E-state index is -0.360. The van der Waals surface area contributed by atoms with E-state index in [0.717, 1.165) is 10.5 Å². The van der Waals surface area contributed by atoms with Crippen molar-refractivity contribution in [1.82, 2.24) is 4.90 Å². The minimum Gasteiger partial charge on any atom is -0.322 e. The highest BCUT2D eigenvalue weighted by Gasteiger charge is 2.32. The van der Waals surface area contributed by atoms with Crippen LogP contribution < -0.4 is 5.32 Å². The molecule has 0 aromatic heterocycles. The summed E-state index contributed by atoms with van der Waals surface area (Å²) in [5, 5.41) is 2.68. The van der Waals surface area contributed by atoms with Gasteiger partial charge in [0.1, 0.15) is 0 Å². The van der Waals surface area contributed by atoms with Gasteiger partial charge in [-0.05, 0) is 29.8 Å². The van der Waals surface area contributed by atoms with Gasteiger partial charge in [0.15, 0.2) is 0 Å². The van der Waals surface area contributed by atoms with E-state index in [2.05, 4.69) is 5.32 Å². The molecule has 0 radical (unpaired) electrons. The number of carbonyl (C=O) groups excluding carboxylic acids is 3. The van der Waals surface area contributed by atoms with Gasteiger partial charge < -0.3 is 5.32 Å². The molecule has 0 unspecified atom stereocenters. The third-order valence-electron chi connectivity index (χ3n) is 3.58. The Hall–Kier alpha value is -3.21. The van der Waals surface area contributed by atoms with Crippen molar-refractivity contribution in [3.8, 4) is 0 Å². The van der Waals surface area contributed by atoms with Gasteiger partial charge in [0.25, 0.3) is 11.8 Å². The van der Waals surface area contributed by atoms with Crippen molar-refractivity contribution in [2.24, 2.45) is 0 Å². The third-order valence-corrected chi connectivity index (χ3v) is 3.58. The van der Waals surface area contributed by atoms with Crippen molar-refractivity contribution in [3.05, 3.63) is 71.3 Å². The molecule has 5 heteroatoms. The molecule has 5 nitrogen and oxygen atoms in total. The Morgan fingerprint density at radius 1 is 1.00 bits per heavy atom. The lowest BCUT2D eigenvalue weighted by molar-refractivity contribution is -0.111.